The van der Waals surface area contributed by atoms with Crippen molar-refractivity contribution in [3.05, 3.63) is 24.3 Å². The SMILES string of the molecule is COc1cccc(NC(=S)NC2CCN(C(C)C)CC2)c1. The van der Waals surface area contributed by atoms with Crippen LogP contribution in [0.5, 0.6) is 5.75 Å². The lowest BCUT2D eigenvalue weighted by atomic mass is 10.0. The van der Waals surface area contributed by atoms with Crippen molar-refractivity contribution >= 4 is 23.0 Å². The first kappa shape index (κ1) is 16.0. The van der Waals surface area contributed by atoms with Crippen LogP contribution in [0.15, 0.2) is 24.3 Å². The second-order valence-electron chi connectivity index (χ2n) is 5.73. The number of anilines is 1. The molecule has 116 valence electrons. The van der Waals surface area contributed by atoms with E-state index < -0.39 is 0 Å². The molecule has 4 nitrogen and oxygen atoms in total. The number of ether oxygens (including phenoxy) is 1. The van der Waals surface area contributed by atoms with Gasteiger partial charge in [-0.1, -0.05) is 6.07 Å². The molecule has 0 spiro atoms. The molecule has 0 aliphatic carbocycles. The van der Waals surface area contributed by atoms with Gasteiger partial charge in [0.2, 0.25) is 0 Å². The summed E-state index contributed by atoms with van der Waals surface area (Å²) >= 11 is 5.40. The molecular formula is C16H25N3OS. The molecule has 1 saturated heterocycles. The fourth-order valence-corrected chi connectivity index (χ4v) is 2.90. The van der Waals surface area contributed by atoms with Crippen LogP contribution in [-0.2, 0) is 0 Å². The van der Waals surface area contributed by atoms with E-state index in [1.54, 1.807) is 7.11 Å². The molecule has 1 aliphatic heterocycles. The third-order valence-electron chi connectivity index (χ3n) is 3.92. The first-order valence-corrected chi connectivity index (χ1v) is 7.95. The largest absolute Gasteiger partial charge is 0.497 e. The Bertz CT molecular complexity index is 470. The smallest absolute Gasteiger partial charge is 0.170 e. The maximum Gasteiger partial charge on any atom is 0.170 e. The van der Waals surface area contributed by atoms with Crippen LogP contribution in [0, 0.1) is 0 Å². The maximum atomic E-state index is 5.40. The van der Waals surface area contributed by atoms with Crippen molar-refractivity contribution in [2.45, 2.75) is 38.8 Å². The van der Waals surface area contributed by atoms with E-state index in [9.17, 15) is 0 Å². The summed E-state index contributed by atoms with van der Waals surface area (Å²) < 4.78 is 5.21. The van der Waals surface area contributed by atoms with Crippen molar-refractivity contribution in [3.8, 4) is 5.75 Å². The van der Waals surface area contributed by atoms with Gasteiger partial charge in [0.1, 0.15) is 5.75 Å². The number of likely N-dealkylation sites (tertiary alicyclic amines) is 1. The Hall–Kier alpha value is -1.33. The Kier molecular flexibility index (Phi) is 5.82. The van der Waals surface area contributed by atoms with Crippen molar-refractivity contribution < 1.29 is 4.74 Å². The quantitative estimate of drug-likeness (QED) is 0.837. The summed E-state index contributed by atoms with van der Waals surface area (Å²) in [6, 6.07) is 8.89. The molecule has 21 heavy (non-hydrogen) atoms. The summed E-state index contributed by atoms with van der Waals surface area (Å²) in [5.41, 5.74) is 0.950. The van der Waals surface area contributed by atoms with E-state index in [-0.39, 0.29) is 0 Å². The van der Waals surface area contributed by atoms with Gasteiger partial charge in [-0.15, -0.1) is 0 Å². The van der Waals surface area contributed by atoms with Gasteiger partial charge in [0.25, 0.3) is 0 Å². The van der Waals surface area contributed by atoms with Crippen LogP contribution < -0.4 is 15.4 Å². The zero-order chi connectivity index (χ0) is 15.2. The first-order valence-electron chi connectivity index (χ1n) is 7.54. The topological polar surface area (TPSA) is 36.5 Å². The van der Waals surface area contributed by atoms with Gasteiger partial charge in [-0.3, -0.25) is 0 Å². The minimum absolute atomic E-state index is 0.464. The van der Waals surface area contributed by atoms with Crippen molar-refractivity contribution in [1.82, 2.24) is 10.2 Å². The van der Waals surface area contributed by atoms with E-state index in [4.69, 9.17) is 17.0 Å². The third kappa shape index (κ3) is 4.86. The zero-order valence-electron chi connectivity index (χ0n) is 13.1. The van der Waals surface area contributed by atoms with Crippen molar-refractivity contribution in [1.29, 1.82) is 0 Å². The molecule has 1 heterocycles. The Morgan fingerprint density at radius 2 is 2.05 bits per heavy atom. The van der Waals surface area contributed by atoms with Gasteiger partial charge in [-0.2, -0.15) is 0 Å². The number of benzene rings is 1. The van der Waals surface area contributed by atoms with Gasteiger partial charge in [0.05, 0.1) is 7.11 Å². The van der Waals surface area contributed by atoms with Crippen LogP contribution in [0.4, 0.5) is 5.69 Å². The monoisotopic (exact) mass is 307 g/mol. The average Bonchev–Trinajstić information content (AvgIpc) is 2.47. The van der Waals surface area contributed by atoms with Gasteiger partial charge in [0.15, 0.2) is 5.11 Å². The summed E-state index contributed by atoms with van der Waals surface area (Å²) in [7, 11) is 1.66. The maximum absolute atomic E-state index is 5.40. The number of hydrogen-bond donors (Lipinski definition) is 2. The van der Waals surface area contributed by atoms with E-state index in [1.807, 2.05) is 24.3 Å². The number of nitrogens with one attached hydrogen (secondary N) is 2. The second kappa shape index (κ2) is 7.61. The average molecular weight is 307 g/mol. The molecule has 1 fully saturated rings. The summed E-state index contributed by atoms with van der Waals surface area (Å²) in [6.45, 7) is 6.78. The van der Waals surface area contributed by atoms with Crippen molar-refractivity contribution in [2.75, 3.05) is 25.5 Å². The fraction of sp³-hybridized carbons (Fsp3) is 0.562. The van der Waals surface area contributed by atoms with Crippen LogP contribution in [0.3, 0.4) is 0 Å². The van der Waals surface area contributed by atoms with Gasteiger partial charge in [0, 0.05) is 36.9 Å². The number of methoxy groups -OCH3 is 1. The van der Waals surface area contributed by atoms with Gasteiger partial charge < -0.3 is 20.3 Å². The highest BCUT2D eigenvalue weighted by molar-refractivity contribution is 7.80. The lowest BCUT2D eigenvalue weighted by Crippen LogP contribution is -2.47. The molecule has 0 aromatic heterocycles. The fourth-order valence-electron chi connectivity index (χ4n) is 2.61. The number of nitrogens with zero attached hydrogens (tertiary/aromatic N) is 1. The Morgan fingerprint density at radius 3 is 2.67 bits per heavy atom. The van der Waals surface area contributed by atoms with E-state index in [1.165, 1.54) is 0 Å². The third-order valence-corrected chi connectivity index (χ3v) is 4.14. The molecule has 0 radical (unpaired) electrons. The van der Waals surface area contributed by atoms with Crippen molar-refractivity contribution in [2.24, 2.45) is 0 Å². The van der Waals surface area contributed by atoms with Crippen molar-refractivity contribution in [3.63, 3.8) is 0 Å². The Labute approximate surface area is 132 Å². The van der Waals surface area contributed by atoms with Crippen LogP contribution in [-0.4, -0.2) is 42.3 Å². The molecule has 0 bridgehead atoms. The minimum Gasteiger partial charge on any atom is -0.497 e. The predicted molar refractivity (Wildman–Crippen MR) is 92.1 cm³/mol. The predicted octanol–water partition coefficient (Wildman–Crippen LogP) is 2.85. The second-order valence-corrected chi connectivity index (χ2v) is 6.14. The molecule has 0 amide bonds. The summed E-state index contributed by atoms with van der Waals surface area (Å²) in [6.07, 6.45) is 2.27. The van der Waals surface area contributed by atoms with Gasteiger partial charge >= 0.3 is 0 Å². The molecule has 1 aliphatic rings. The first-order chi connectivity index (χ1) is 10.1. The van der Waals surface area contributed by atoms with Gasteiger partial charge in [-0.25, -0.2) is 0 Å². The Morgan fingerprint density at radius 1 is 1.33 bits per heavy atom. The molecule has 1 aromatic carbocycles. The van der Waals surface area contributed by atoms with E-state index >= 15 is 0 Å². The molecule has 2 N–H and O–H groups in total. The molecule has 1 aromatic rings. The highest BCUT2D eigenvalue weighted by Crippen LogP contribution is 2.17. The molecule has 5 heteroatoms. The zero-order valence-corrected chi connectivity index (χ0v) is 13.9. The molecule has 0 atom stereocenters. The van der Waals surface area contributed by atoms with Crippen LogP contribution in [0.1, 0.15) is 26.7 Å². The molecule has 0 saturated carbocycles. The summed E-state index contributed by atoms with van der Waals surface area (Å²) in [5, 5.41) is 7.33. The number of piperidine rings is 1. The highest BCUT2D eigenvalue weighted by Gasteiger charge is 2.21. The Balaban J connectivity index is 1.80. The molecule has 0 unspecified atom stereocenters. The highest BCUT2D eigenvalue weighted by atomic mass is 32.1. The normalized spacial score (nSPS) is 16.8. The lowest BCUT2D eigenvalue weighted by Gasteiger charge is -2.35. The van der Waals surface area contributed by atoms with E-state index in [2.05, 4.69) is 29.4 Å². The lowest BCUT2D eigenvalue weighted by molar-refractivity contribution is 0.168. The summed E-state index contributed by atoms with van der Waals surface area (Å²) in [4.78, 5) is 2.51. The van der Waals surface area contributed by atoms with Crippen LogP contribution in [0.2, 0.25) is 0 Å². The van der Waals surface area contributed by atoms with E-state index in [0.717, 1.165) is 37.4 Å². The molecule has 2 rings (SSSR count). The number of hydrogen-bond acceptors (Lipinski definition) is 3. The number of thiocarbonyl (C=S) groups is 1. The number of rotatable bonds is 4. The van der Waals surface area contributed by atoms with E-state index in [0.29, 0.717) is 17.2 Å². The molecular weight excluding hydrogens is 282 g/mol. The summed E-state index contributed by atoms with van der Waals surface area (Å²) in [5.74, 6) is 0.827. The standard InChI is InChI=1S/C16H25N3OS/c1-12(2)19-9-7-13(8-10-19)17-16(21)18-14-5-4-6-15(11-14)20-3/h4-6,11-13H,7-10H2,1-3H3,(H2,17,18,21). The van der Waals surface area contributed by atoms with Crippen LogP contribution in [0.25, 0.3) is 0 Å². The minimum atomic E-state index is 0.464. The van der Waals surface area contributed by atoms with Crippen LogP contribution >= 0.6 is 12.2 Å². The van der Waals surface area contributed by atoms with Gasteiger partial charge in [-0.05, 0) is 51.0 Å².